The van der Waals surface area contributed by atoms with Gasteiger partial charge in [0.25, 0.3) is 0 Å². The average Bonchev–Trinajstić information content (AvgIpc) is 3.06. The molecule has 104 valence electrons. The van der Waals surface area contributed by atoms with Crippen LogP contribution in [0.15, 0.2) is 30.3 Å². The van der Waals surface area contributed by atoms with Gasteiger partial charge in [0, 0.05) is 6.04 Å². The quantitative estimate of drug-likeness (QED) is 0.811. The van der Waals surface area contributed by atoms with Crippen LogP contribution in [0.1, 0.15) is 44.6 Å². The van der Waals surface area contributed by atoms with Gasteiger partial charge in [-0.05, 0) is 68.9 Å². The van der Waals surface area contributed by atoms with Crippen LogP contribution < -0.4 is 5.32 Å². The van der Waals surface area contributed by atoms with Gasteiger partial charge in [-0.15, -0.1) is 0 Å². The predicted octanol–water partition coefficient (Wildman–Crippen LogP) is 4.03. The number of hydrogen-bond donors (Lipinski definition) is 1. The van der Waals surface area contributed by atoms with Crippen molar-refractivity contribution in [1.82, 2.24) is 5.32 Å². The molecule has 2 fully saturated rings. The van der Waals surface area contributed by atoms with Gasteiger partial charge in [-0.2, -0.15) is 0 Å². The molecule has 1 N–H and O–H groups in total. The van der Waals surface area contributed by atoms with E-state index in [0.29, 0.717) is 6.04 Å². The van der Waals surface area contributed by atoms with Crippen molar-refractivity contribution in [2.24, 2.45) is 17.8 Å². The van der Waals surface area contributed by atoms with Crippen molar-refractivity contribution >= 4 is 0 Å². The average molecular weight is 257 g/mol. The number of benzene rings is 1. The van der Waals surface area contributed by atoms with Crippen LogP contribution in [0.4, 0.5) is 0 Å². The molecule has 1 nitrogen and oxygen atoms in total. The molecule has 1 aromatic rings. The lowest BCUT2D eigenvalue weighted by Crippen LogP contribution is -2.33. The summed E-state index contributed by atoms with van der Waals surface area (Å²) < 4.78 is 0. The minimum Gasteiger partial charge on any atom is -0.314 e. The fourth-order valence-electron chi connectivity index (χ4n) is 4.11. The summed E-state index contributed by atoms with van der Waals surface area (Å²) in [5.74, 6) is 3.12. The minimum atomic E-state index is 0.652. The second kappa shape index (κ2) is 6.09. The van der Waals surface area contributed by atoms with E-state index < -0.39 is 0 Å². The van der Waals surface area contributed by atoms with Crippen LogP contribution in [0.3, 0.4) is 0 Å². The lowest BCUT2D eigenvalue weighted by molar-refractivity contribution is 0.306. The first kappa shape index (κ1) is 13.2. The molecule has 2 aliphatic rings. The van der Waals surface area contributed by atoms with E-state index in [0.717, 1.165) is 17.8 Å². The Kier molecular flexibility index (Phi) is 4.22. The summed E-state index contributed by atoms with van der Waals surface area (Å²) in [6.07, 6.45) is 8.52. The highest BCUT2D eigenvalue weighted by molar-refractivity contribution is 5.14. The Morgan fingerprint density at radius 1 is 1.16 bits per heavy atom. The summed E-state index contributed by atoms with van der Waals surface area (Å²) in [5, 5.41) is 3.78. The first-order chi connectivity index (χ1) is 9.31. The fourth-order valence-corrected chi connectivity index (χ4v) is 4.11. The minimum absolute atomic E-state index is 0.652. The van der Waals surface area contributed by atoms with Crippen LogP contribution in [0.2, 0.25) is 0 Å². The van der Waals surface area contributed by atoms with E-state index in [1.54, 1.807) is 0 Å². The Hall–Kier alpha value is -0.820. The van der Waals surface area contributed by atoms with Gasteiger partial charge in [0.15, 0.2) is 0 Å². The molecule has 0 aromatic heterocycles. The molecule has 0 amide bonds. The molecule has 0 spiro atoms. The van der Waals surface area contributed by atoms with E-state index in [1.807, 2.05) is 0 Å². The van der Waals surface area contributed by atoms with Crippen LogP contribution in [0.5, 0.6) is 0 Å². The van der Waals surface area contributed by atoms with E-state index in [4.69, 9.17) is 0 Å². The van der Waals surface area contributed by atoms with Crippen molar-refractivity contribution in [3.05, 3.63) is 35.9 Å². The van der Waals surface area contributed by atoms with Crippen LogP contribution in [0, 0.1) is 17.8 Å². The molecule has 0 radical (unpaired) electrons. The molecule has 3 rings (SSSR count). The summed E-state index contributed by atoms with van der Waals surface area (Å²) in [7, 11) is 0. The second-order valence-electron chi connectivity index (χ2n) is 6.77. The van der Waals surface area contributed by atoms with Crippen LogP contribution >= 0.6 is 0 Å². The Morgan fingerprint density at radius 2 is 2.00 bits per heavy atom. The predicted molar refractivity (Wildman–Crippen MR) is 81.2 cm³/mol. The van der Waals surface area contributed by atoms with Gasteiger partial charge in [0.2, 0.25) is 0 Å². The highest BCUT2D eigenvalue weighted by Gasteiger charge is 2.38. The lowest BCUT2D eigenvalue weighted by atomic mass is 9.88. The van der Waals surface area contributed by atoms with Gasteiger partial charge in [-0.3, -0.25) is 0 Å². The molecule has 4 atom stereocenters. The van der Waals surface area contributed by atoms with E-state index >= 15 is 0 Å². The van der Waals surface area contributed by atoms with E-state index in [-0.39, 0.29) is 0 Å². The molecule has 0 aliphatic heterocycles. The molecule has 2 saturated carbocycles. The third kappa shape index (κ3) is 3.39. The lowest BCUT2D eigenvalue weighted by Gasteiger charge is -2.24. The highest BCUT2D eigenvalue weighted by atomic mass is 14.9. The monoisotopic (exact) mass is 257 g/mol. The molecule has 2 aliphatic carbocycles. The molecule has 19 heavy (non-hydrogen) atoms. The number of hydrogen-bond acceptors (Lipinski definition) is 1. The Morgan fingerprint density at radius 3 is 2.68 bits per heavy atom. The zero-order valence-corrected chi connectivity index (χ0v) is 12.1. The SMILES string of the molecule is CC(CCc1ccccc1)NCC1CC2CCC1C2. The Balaban J connectivity index is 1.36. The van der Waals surface area contributed by atoms with Gasteiger partial charge in [-0.1, -0.05) is 36.8 Å². The van der Waals surface area contributed by atoms with E-state index in [9.17, 15) is 0 Å². The molecule has 0 saturated heterocycles. The zero-order chi connectivity index (χ0) is 13.1. The van der Waals surface area contributed by atoms with Gasteiger partial charge < -0.3 is 5.32 Å². The molecule has 1 aromatic carbocycles. The number of fused-ring (bicyclic) bond motifs is 2. The maximum absolute atomic E-state index is 3.78. The topological polar surface area (TPSA) is 12.0 Å². The van der Waals surface area contributed by atoms with E-state index in [2.05, 4.69) is 42.6 Å². The summed E-state index contributed by atoms with van der Waals surface area (Å²) in [4.78, 5) is 0. The maximum Gasteiger partial charge on any atom is 0.00420 e. The van der Waals surface area contributed by atoms with E-state index in [1.165, 1.54) is 50.6 Å². The number of rotatable bonds is 6. The molecule has 1 heteroatoms. The van der Waals surface area contributed by atoms with Crippen molar-refractivity contribution in [2.45, 2.75) is 51.5 Å². The fraction of sp³-hybridized carbons (Fsp3) is 0.667. The third-order valence-corrected chi connectivity index (χ3v) is 5.32. The molecular weight excluding hydrogens is 230 g/mol. The largest absolute Gasteiger partial charge is 0.314 e. The van der Waals surface area contributed by atoms with Crippen LogP contribution in [0.25, 0.3) is 0 Å². The highest BCUT2D eigenvalue weighted by Crippen LogP contribution is 2.47. The van der Waals surface area contributed by atoms with Crippen molar-refractivity contribution in [2.75, 3.05) is 6.54 Å². The third-order valence-electron chi connectivity index (χ3n) is 5.32. The summed E-state index contributed by atoms with van der Waals surface area (Å²) in [6.45, 7) is 3.60. The van der Waals surface area contributed by atoms with Gasteiger partial charge >= 0.3 is 0 Å². The molecule has 2 bridgehead atoms. The standard InChI is InChI=1S/C18H27N/c1-14(7-8-15-5-3-2-4-6-15)19-13-18-12-16-9-10-17(18)11-16/h2-6,14,16-19H,7-13H2,1H3. The Bertz CT molecular complexity index is 386. The van der Waals surface area contributed by atoms with Crippen molar-refractivity contribution in [1.29, 1.82) is 0 Å². The van der Waals surface area contributed by atoms with Gasteiger partial charge in [-0.25, -0.2) is 0 Å². The smallest absolute Gasteiger partial charge is 0.00420 e. The first-order valence-electron chi connectivity index (χ1n) is 8.08. The van der Waals surface area contributed by atoms with Gasteiger partial charge in [0.1, 0.15) is 0 Å². The van der Waals surface area contributed by atoms with Crippen molar-refractivity contribution in [3.63, 3.8) is 0 Å². The normalized spacial score (nSPS) is 30.7. The number of nitrogens with one attached hydrogen (secondary N) is 1. The van der Waals surface area contributed by atoms with Crippen molar-refractivity contribution < 1.29 is 0 Å². The number of aryl methyl sites for hydroxylation is 1. The molecule has 4 unspecified atom stereocenters. The van der Waals surface area contributed by atoms with Crippen LogP contribution in [-0.4, -0.2) is 12.6 Å². The summed E-state index contributed by atoms with van der Waals surface area (Å²) >= 11 is 0. The summed E-state index contributed by atoms with van der Waals surface area (Å²) in [6, 6.07) is 11.5. The molecule has 0 heterocycles. The Labute approximate surface area is 117 Å². The maximum atomic E-state index is 3.78. The second-order valence-corrected chi connectivity index (χ2v) is 6.77. The van der Waals surface area contributed by atoms with Crippen LogP contribution in [-0.2, 0) is 6.42 Å². The van der Waals surface area contributed by atoms with Gasteiger partial charge in [0.05, 0.1) is 0 Å². The first-order valence-corrected chi connectivity index (χ1v) is 8.08. The zero-order valence-electron chi connectivity index (χ0n) is 12.1. The molecular formula is C18H27N. The van der Waals surface area contributed by atoms with Crippen molar-refractivity contribution in [3.8, 4) is 0 Å². The summed E-state index contributed by atoms with van der Waals surface area (Å²) in [5.41, 5.74) is 1.47.